The summed E-state index contributed by atoms with van der Waals surface area (Å²) in [5.41, 5.74) is 3.36. The number of carbonyl (C=O) groups excluding carboxylic acids is 2. The molecule has 0 spiro atoms. The van der Waals surface area contributed by atoms with E-state index in [-0.39, 0.29) is 18.1 Å². The third-order valence-electron chi connectivity index (χ3n) is 5.23. The first-order chi connectivity index (χ1) is 16.1. The van der Waals surface area contributed by atoms with Crippen molar-refractivity contribution in [2.75, 3.05) is 6.61 Å². The number of carbonyl (C=O) groups is 2. The molecule has 0 aliphatic heterocycles. The minimum atomic E-state index is -0.639. The fraction of sp³-hybridized carbons (Fsp3) is 0.148. The van der Waals surface area contributed by atoms with Gasteiger partial charge < -0.3 is 14.2 Å². The van der Waals surface area contributed by atoms with Gasteiger partial charge in [-0.3, -0.25) is 4.79 Å². The number of amides is 1. The van der Waals surface area contributed by atoms with Crippen LogP contribution in [-0.4, -0.2) is 28.5 Å². The number of benzene rings is 3. The average molecular weight is 440 g/mol. The van der Waals surface area contributed by atoms with Gasteiger partial charge in [0.05, 0.1) is 0 Å². The Morgan fingerprint density at radius 3 is 1.88 bits per heavy atom. The number of ether oxygens (including phenoxy) is 1. The molecule has 166 valence electrons. The normalized spacial score (nSPS) is 10.6. The van der Waals surface area contributed by atoms with Gasteiger partial charge in [0.25, 0.3) is 5.91 Å². The Morgan fingerprint density at radius 2 is 1.33 bits per heavy atom. The molecule has 1 amide bonds. The van der Waals surface area contributed by atoms with Crippen LogP contribution in [0.15, 0.2) is 95.5 Å². The van der Waals surface area contributed by atoms with Crippen LogP contribution in [0.5, 0.6) is 0 Å². The van der Waals surface area contributed by atoms with Crippen molar-refractivity contribution in [3.05, 3.63) is 113 Å². The molecule has 0 fully saturated rings. The molecule has 0 unspecified atom stereocenters. The van der Waals surface area contributed by atoms with Crippen molar-refractivity contribution in [3.63, 3.8) is 0 Å². The molecule has 0 aliphatic rings. The van der Waals surface area contributed by atoms with Crippen LogP contribution in [0.3, 0.4) is 0 Å². The van der Waals surface area contributed by atoms with Gasteiger partial charge in [0.2, 0.25) is 0 Å². The molecule has 0 atom stereocenters. The molecule has 6 nitrogen and oxygen atoms in total. The predicted octanol–water partition coefficient (Wildman–Crippen LogP) is 5.04. The summed E-state index contributed by atoms with van der Waals surface area (Å²) >= 11 is 0. The Bertz CT molecular complexity index is 1160. The fourth-order valence-electron chi connectivity index (χ4n) is 3.54. The maximum atomic E-state index is 13.1. The minimum Gasteiger partial charge on any atom is -0.452 e. The summed E-state index contributed by atoms with van der Waals surface area (Å²) in [7, 11) is 0. The van der Waals surface area contributed by atoms with Gasteiger partial charge in [0, 0.05) is 18.7 Å². The Hall–Kier alpha value is -4.19. The lowest BCUT2D eigenvalue weighted by Crippen LogP contribution is -2.34. The van der Waals surface area contributed by atoms with Crippen molar-refractivity contribution < 1.29 is 18.8 Å². The van der Waals surface area contributed by atoms with E-state index in [0.717, 1.165) is 16.7 Å². The Kier molecular flexibility index (Phi) is 6.95. The standard InChI is InChI=1S/C27H24N2O4/c1-20-25(26(28-33-20)23-15-9-4-10-16-23)27(31)32-19-24(30)29(17-21-11-5-2-6-12-21)18-22-13-7-3-8-14-22/h2-16H,17-19H2,1H3. The van der Waals surface area contributed by atoms with E-state index in [9.17, 15) is 9.59 Å². The van der Waals surface area contributed by atoms with Gasteiger partial charge in [-0.15, -0.1) is 0 Å². The van der Waals surface area contributed by atoms with Crippen LogP contribution >= 0.6 is 0 Å². The van der Waals surface area contributed by atoms with Crippen molar-refractivity contribution in [3.8, 4) is 11.3 Å². The Labute approximate surface area is 192 Å². The predicted molar refractivity (Wildman–Crippen MR) is 124 cm³/mol. The molecular formula is C27H24N2O4. The maximum Gasteiger partial charge on any atom is 0.344 e. The smallest absolute Gasteiger partial charge is 0.344 e. The average Bonchev–Trinajstić information content (AvgIpc) is 3.25. The van der Waals surface area contributed by atoms with Crippen LogP contribution in [0.2, 0.25) is 0 Å². The number of rotatable bonds is 8. The first-order valence-electron chi connectivity index (χ1n) is 10.7. The molecule has 0 N–H and O–H groups in total. The molecule has 0 saturated carbocycles. The molecule has 4 rings (SSSR count). The van der Waals surface area contributed by atoms with Crippen LogP contribution in [0.25, 0.3) is 11.3 Å². The van der Waals surface area contributed by atoms with Crippen LogP contribution in [0.1, 0.15) is 27.2 Å². The van der Waals surface area contributed by atoms with E-state index < -0.39 is 5.97 Å². The lowest BCUT2D eigenvalue weighted by atomic mass is 10.1. The SMILES string of the molecule is Cc1onc(-c2ccccc2)c1C(=O)OCC(=O)N(Cc1ccccc1)Cc1ccccc1. The molecule has 0 saturated heterocycles. The van der Waals surface area contributed by atoms with Gasteiger partial charge in [-0.05, 0) is 18.1 Å². The molecule has 1 heterocycles. The van der Waals surface area contributed by atoms with Crippen molar-refractivity contribution in [2.24, 2.45) is 0 Å². The zero-order chi connectivity index (χ0) is 23.0. The topological polar surface area (TPSA) is 72.6 Å². The monoisotopic (exact) mass is 440 g/mol. The van der Waals surface area contributed by atoms with Crippen molar-refractivity contribution in [1.82, 2.24) is 10.1 Å². The summed E-state index contributed by atoms with van der Waals surface area (Å²) in [5, 5.41) is 4.01. The van der Waals surface area contributed by atoms with E-state index in [1.165, 1.54) is 0 Å². The van der Waals surface area contributed by atoms with E-state index in [2.05, 4.69) is 5.16 Å². The van der Waals surface area contributed by atoms with E-state index >= 15 is 0 Å². The lowest BCUT2D eigenvalue weighted by molar-refractivity contribution is -0.135. The highest BCUT2D eigenvalue weighted by Crippen LogP contribution is 2.25. The molecule has 6 heteroatoms. The third kappa shape index (κ3) is 5.54. The first-order valence-corrected chi connectivity index (χ1v) is 10.7. The quantitative estimate of drug-likeness (QED) is 0.359. The summed E-state index contributed by atoms with van der Waals surface area (Å²) in [4.78, 5) is 27.6. The molecule has 1 aromatic heterocycles. The van der Waals surface area contributed by atoms with Gasteiger partial charge in [-0.1, -0.05) is 96.2 Å². The number of aromatic nitrogens is 1. The summed E-state index contributed by atoms with van der Waals surface area (Å²) in [6.45, 7) is 2.09. The molecule has 0 aliphatic carbocycles. The number of nitrogens with zero attached hydrogens (tertiary/aromatic N) is 2. The highest BCUT2D eigenvalue weighted by Gasteiger charge is 2.24. The maximum absolute atomic E-state index is 13.1. The van der Waals surface area contributed by atoms with Gasteiger partial charge in [-0.25, -0.2) is 4.79 Å². The second-order valence-corrected chi connectivity index (χ2v) is 7.63. The first kappa shape index (κ1) is 22.0. The zero-order valence-corrected chi connectivity index (χ0v) is 18.3. The molecule has 0 bridgehead atoms. The van der Waals surface area contributed by atoms with Gasteiger partial charge in [-0.2, -0.15) is 0 Å². The van der Waals surface area contributed by atoms with Crippen LogP contribution < -0.4 is 0 Å². The Morgan fingerprint density at radius 1 is 0.818 bits per heavy atom. The van der Waals surface area contributed by atoms with E-state index in [4.69, 9.17) is 9.26 Å². The highest BCUT2D eigenvalue weighted by atomic mass is 16.5. The van der Waals surface area contributed by atoms with Crippen LogP contribution in [-0.2, 0) is 22.6 Å². The number of hydrogen-bond donors (Lipinski definition) is 0. The largest absolute Gasteiger partial charge is 0.452 e. The molecule has 4 aromatic rings. The third-order valence-corrected chi connectivity index (χ3v) is 5.23. The number of esters is 1. The number of hydrogen-bond acceptors (Lipinski definition) is 5. The fourth-order valence-corrected chi connectivity index (χ4v) is 3.54. The van der Waals surface area contributed by atoms with Crippen LogP contribution in [0.4, 0.5) is 0 Å². The second-order valence-electron chi connectivity index (χ2n) is 7.63. The van der Waals surface area contributed by atoms with Gasteiger partial charge >= 0.3 is 5.97 Å². The van der Waals surface area contributed by atoms with Crippen molar-refractivity contribution >= 4 is 11.9 Å². The van der Waals surface area contributed by atoms with E-state index in [0.29, 0.717) is 24.5 Å². The Balaban J connectivity index is 1.48. The van der Waals surface area contributed by atoms with Crippen LogP contribution in [0, 0.1) is 6.92 Å². The second kappa shape index (κ2) is 10.4. The minimum absolute atomic E-state index is 0.228. The van der Waals surface area contributed by atoms with Gasteiger partial charge in [0.1, 0.15) is 17.0 Å². The van der Waals surface area contributed by atoms with Gasteiger partial charge in [0.15, 0.2) is 6.61 Å². The zero-order valence-electron chi connectivity index (χ0n) is 18.3. The summed E-state index contributed by atoms with van der Waals surface area (Å²) < 4.78 is 10.7. The molecule has 3 aromatic carbocycles. The summed E-state index contributed by atoms with van der Waals surface area (Å²) in [6.07, 6.45) is 0. The highest BCUT2D eigenvalue weighted by molar-refractivity contribution is 5.98. The van der Waals surface area contributed by atoms with Crippen molar-refractivity contribution in [1.29, 1.82) is 0 Å². The van der Waals surface area contributed by atoms with Crippen molar-refractivity contribution in [2.45, 2.75) is 20.0 Å². The number of aryl methyl sites for hydroxylation is 1. The summed E-state index contributed by atoms with van der Waals surface area (Å²) in [5.74, 6) is -0.580. The molecule has 0 radical (unpaired) electrons. The van der Waals surface area contributed by atoms with E-state index in [1.807, 2.05) is 91.0 Å². The summed E-state index contributed by atoms with van der Waals surface area (Å²) in [6, 6.07) is 28.7. The van der Waals surface area contributed by atoms with E-state index in [1.54, 1.807) is 11.8 Å². The lowest BCUT2D eigenvalue weighted by Gasteiger charge is -2.23. The molecular weight excluding hydrogens is 416 g/mol. The molecule has 33 heavy (non-hydrogen) atoms.